The normalized spacial score (nSPS) is 14.6. The molecule has 0 bridgehead atoms. The van der Waals surface area contributed by atoms with Crippen molar-refractivity contribution < 1.29 is 14.7 Å². The summed E-state index contributed by atoms with van der Waals surface area (Å²) in [4.78, 5) is 23.2. The Morgan fingerprint density at radius 3 is 2.32 bits per heavy atom. The molecule has 0 saturated heterocycles. The van der Waals surface area contributed by atoms with Crippen molar-refractivity contribution in [1.82, 2.24) is 0 Å². The van der Waals surface area contributed by atoms with Crippen LogP contribution in [0.4, 0.5) is 5.69 Å². The van der Waals surface area contributed by atoms with Crippen molar-refractivity contribution >= 4 is 40.8 Å². The summed E-state index contributed by atoms with van der Waals surface area (Å²) in [5.41, 5.74) is -0.132. The molecule has 0 aromatic heterocycles. The van der Waals surface area contributed by atoms with E-state index < -0.39 is 5.97 Å². The largest absolute Gasteiger partial charge is 0.478 e. The number of halogens is 2. The van der Waals surface area contributed by atoms with Crippen molar-refractivity contribution in [1.29, 1.82) is 0 Å². The number of hydrogen-bond donors (Lipinski definition) is 2. The zero-order chi connectivity index (χ0) is 14.0. The van der Waals surface area contributed by atoms with Gasteiger partial charge in [-0.25, -0.2) is 4.79 Å². The van der Waals surface area contributed by atoms with Crippen LogP contribution in [0.25, 0.3) is 0 Å². The van der Waals surface area contributed by atoms with Crippen LogP contribution < -0.4 is 5.32 Å². The highest BCUT2D eigenvalue weighted by molar-refractivity contribution is 6.38. The topological polar surface area (TPSA) is 66.4 Å². The van der Waals surface area contributed by atoms with Gasteiger partial charge in [0.2, 0.25) is 5.91 Å². The van der Waals surface area contributed by atoms with Crippen LogP contribution in [0, 0.1) is 5.92 Å². The summed E-state index contributed by atoms with van der Waals surface area (Å²) in [6.07, 6.45) is 5.13. The van der Waals surface area contributed by atoms with Gasteiger partial charge in [0.25, 0.3) is 0 Å². The molecule has 100 valence electrons. The Bertz CT molecular complexity index is 561. The fourth-order valence-electron chi connectivity index (χ4n) is 1.94. The average molecular weight is 300 g/mol. The van der Waals surface area contributed by atoms with Crippen LogP contribution in [-0.2, 0) is 4.79 Å². The van der Waals surface area contributed by atoms with Gasteiger partial charge in [-0.05, 0) is 25.0 Å². The summed E-state index contributed by atoms with van der Waals surface area (Å²) in [7, 11) is 0. The highest BCUT2D eigenvalue weighted by atomic mass is 35.5. The first-order valence-corrected chi connectivity index (χ1v) is 6.43. The molecule has 0 spiro atoms. The molecule has 19 heavy (non-hydrogen) atoms. The Balaban J connectivity index is 2.31. The van der Waals surface area contributed by atoms with E-state index in [2.05, 4.69) is 5.32 Å². The van der Waals surface area contributed by atoms with Gasteiger partial charge in [-0.1, -0.05) is 35.4 Å². The molecule has 2 rings (SSSR count). The zero-order valence-corrected chi connectivity index (χ0v) is 11.3. The minimum absolute atomic E-state index is 0.0387. The molecule has 0 unspecified atom stereocenters. The molecule has 0 atom stereocenters. The molecule has 0 fully saturated rings. The number of benzene rings is 1. The number of amides is 1. The third-order valence-electron chi connectivity index (χ3n) is 2.94. The second-order valence-corrected chi connectivity index (χ2v) is 5.03. The van der Waals surface area contributed by atoms with Gasteiger partial charge in [-0.15, -0.1) is 0 Å². The van der Waals surface area contributed by atoms with Crippen molar-refractivity contribution in [3.63, 3.8) is 0 Å². The number of carboxylic acid groups (broad SMARTS) is 1. The van der Waals surface area contributed by atoms with Crippen molar-refractivity contribution in [3.8, 4) is 0 Å². The SMILES string of the molecule is O=C(O)c1c(Cl)ccc(Cl)c1NC(=O)C1CC=CC1. The number of anilines is 1. The fourth-order valence-corrected chi connectivity index (χ4v) is 2.38. The predicted molar refractivity (Wildman–Crippen MR) is 73.9 cm³/mol. The van der Waals surface area contributed by atoms with Crippen molar-refractivity contribution in [3.05, 3.63) is 39.9 Å². The molecule has 4 nitrogen and oxygen atoms in total. The van der Waals surface area contributed by atoms with E-state index in [-0.39, 0.29) is 33.1 Å². The van der Waals surface area contributed by atoms with Gasteiger partial charge in [0, 0.05) is 5.92 Å². The highest BCUT2D eigenvalue weighted by Gasteiger charge is 2.24. The Labute approximate surface area is 120 Å². The van der Waals surface area contributed by atoms with Crippen LogP contribution in [-0.4, -0.2) is 17.0 Å². The average Bonchev–Trinajstić information content (AvgIpc) is 2.87. The van der Waals surface area contributed by atoms with Gasteiger partial charge in [0.1, 0.15) is 5.56 Å². The molecule has 1 aromatic carbocycles. The molecular formula is C13H11Cl2NO3. The molecule has 1 aliphatic carbocycles. The summed E-state index contributed by atoms with van der Waals surface area (Å²) in [5, 5.41) is 11.9. The lowest BCUT2D eigenvalue weighted by atomic mass is 10.1. The number of allylic oxidation sites excluding steroid dienone is 2. The Morgan fingerprint density at radius 1 is 1.16 bits per heavy atom. The molecule has 0 aliphatic heterocycles. The minimum atomic E-state index is -1.23. The standard InChI is InChI=1S/C13H11Cl2NO3/c14-8-5-6-9(15)11(10(8)13(18)19)16-12(17)7-3-1-2-4-7/h1-2,5-7H,3-4H2,(H,16,17)(H,18,19). The molecule has 0 saturated carbocycles. The van der Waals surface area contributed by atoms with E-state index in [4.69, 9.17) is 28.3 Å². The number of carbonyl (C=O) groups excluding carboxylic acids is 1. The van der Waals surface area contributed by atoms with E-state index in [1.807, 2.05) is 12.2 Å². The number of aromatic carboxylic acids is 1. The quantitative estimate of drug-likeness (QED) is 0.838. The van der Waals surface area contributed by atoms with Gasteiger partial charge >= 0.3 is 5.97 Å². The molecular weight excluding hydrogens is 289 g/mol. The van der Waals surface area contributed by atoms with Crippen LogP contribution in [0.3, 0.4) is 0 Å². The molecule has 1 aliphatic rings. The Hall–Kier alpha value is -1.52. The van der Waals surface area contributed by atoms with Crippen LogP contribution in [0.2, 0.25) is 10.0 Å². The number of nitrogens with one attached hydrogen (secondary N) is 1. The molecule has 2 N–H and O–H groups in total. The van der Waals surface area contributed by atoms with E-state index in [9.17, 15) is 9.59 Å². The van der Waals surface area contributed by atoms with Crippen molar-refractivity contribution in [2.75, 3.05) is 5.32 Å². The first kappa shape index (κ1) is 13.9. The van der Waals surface area contributed by atoms with Gasteiger partial charge in [0.15, 0.2) is 0 Å². The number of carboxylic acids is 1. The molecule has 0 radical (unpaired) electrons. The second kappa shape index (κ2) is 5.63. The Morgan fingerprint density at radius 2 is 1.74 bits per heavy atom. The minimum Gasteiger partial charge on any atom is -0.478 e. The van der Waals surface area contributed by atoms with E-state index in [0.29, 0.717) is 12.8 Å². The second-order valence-electron chi connectivity index (χ2n) is 4.21. The van der Waals surface area contributed by atoms with Crippen molar-refractivity contribution in [2.24, 2.45) is 5.92 Å². The molecule has 1 amide bonds. The maximum absolute atomic E-state index is 12.0. The molecule has 0 heterocycles. The molecule has 1 aromatic rings. The monoisotopic (exact) mass is 299 g/mol. The molecule has 6 heteroatoms. The van der Waals surface area contributed by atoms with Gasteiger partial charge in [0.05, 0.1) is 15.7 Å². The van der Waals surface area contributed by atoms with Gasteiger partial charge < -0.3 is 10.4 Å². The number of hydrogen-bond acceptors (Lipinski definition) is 2. The Kier molecular flexibility index (Phi) is 4.12. The van der Waals surface area contributed by atoms with Gasteiger partial charge in [-0.2, -0.15) is 0 Å². The van der Waals surface area contributed by atoms with E-state index in [1.54, 1.807) is 0 Å². The maximum Gasteiger partial charge on any atom is 0.339 e. The van der Waals surface area contributed by atoms with E-state index >= 15 is 0 Å². The third kappa shape index (κ3) is 2.91. The lowest BCUT2D eigenvalue weighted by Gasteiger charge is -2.14. The smallest absolute Gasteiger partial charge is 0.339 e. The summed E-state index contributed by atoms with van der Waals surface area (Å²) in [5.74, 6) is -1.67. The summed E-state index contributed by atoms with van der Waals surface area (Å²) < 4.78 is 0. The maximum atomic E-state index is 12.0. The van der Waals surface area contributed by atoms with Crippen LogP contribution in [0.5, 0.6) is 0 Å². The van der Waals surface area contributed by atoms with Crippen molar-refractivity contribution in [2.45, 2.75) is 12.8 Å². The summed E-state index contributed by atoms with van der Waals surface area (Å²) >= 11 is 11.8. The van der Waals surface area contributed by atoms with E-state index in [0.717, 1.165) is 0 Å². The van der Waals surface area contributed by atoms with Crippen LogP contribution in [0.15, 0.2) is 24.3 Å². The number of rotatable bonds is 3. The lowest BCUT2D eigenvalue weighted by molar-refractivity contribution is -0.119. The predicted octanol–water partition coefficient (Wildman–Crippen LogP) is 3.60. The number of carbonyl (C=O) groups is 2. The van der Waals surface area contributed by atoms with Crippen LogP contribution in [0.1, 0.15) is 23.2 Å². The van der Waals surface area contributed by atoms with Crippen LogP contribution >= 0.6 is 23.2 Å². The first-order chi connectivity index (χ1) is 9.00. The zero-order valence-electron chi connectivity index (χ0n) is 9.82. The van der Waals surface area contributed by atoms with Gasteiger partial charge in [-0.3, -0.25) is 4.79 Å². The fraction of sp³-hybridized carbons (Fsp3) is 0.231. The summed E-state index contributed by atoms with van der Waals surface area (Å²) in [6, 6.07) is 2.85. The summed E-state index contributed by atoms with van der Waals surface area (Å²) in [6.45, 7) is 0. The lowest BCUT2D eigenvalue weighted by Crippen LogP contribution is -2.22. The van der Waals surface area contributed by atoms with E-state index in [1.165, 1.54) is 12.1 Å². The first-order valence-electron chi connectivity index (χ1n) is 5.68. The third-order valence-corrected chi connectivity index (χ3v) is 3.57. The highest BCUT2D eigenvalue weighted by Crippen LogP contribution is 2.33.